The highest BCUT2D eigenvalue weighted by molar-refractivity contribution is 5.82. The van der Waals surface area contributed by atoms with E-state index in [1.54, 1.807) is 6.21 Å². The molecule has 0 heterocycles. The molecule has 0 atom stereocenters. The van der Waals surface area contributed by atoms with Crippen LogP contribution in [0.2, 0.25) is 0 Å². The fourth-order valence-corrected chi connectivity index (χ4v) is 1.33. The minimum Gasteiger partial charge on any atom is -0.322 e. The van der Waals surface area contributed by atoms with E-state index in [2.05, 4.69) is 18.5 Å². The molecule has 0 aliphatic carbocycles. The molecule has 0 unspecified atom stereocenters. The number of aliphatic imine (C=N–C) groups is 1. The Morgan fingerprint density at radius 2 is 2.12 bits per heavy atom. The van der Waals surface area contributed by atoms with E-state index in [0.717, 1.165) is 18.4 Å². The van der Waals surface area contributed by atoms with Crippen LogP contribution >= 0.6 is 0 Å². The number of hydrogen-bond acceptors (Lipinski definition) is 3. The van der Waals surface area contributed by atoms with Crippen molar-refractivity contribution in [3.63, 3.8) is 0 Å². The molecule has 4 nitrogen and oxygen atoms in total. The normalized spacial score (nSPS) is 11.9. The molecule has 17 heavy (non-hydrogen) atoms. The summed E-state index contributed by atoms with van der Waals surface area (Å²) in [5.74, 6) is 0.308. The summed E-state index contributed by atoms with van der Waals surface area (Å²) in [5.41, 5.74) is 6.47. The van der Waals surface area contributed by atoms with E-state index in [-0.39, 0.29) is 12.5 Å². The molecule has 2 N–H and O–H groups in total. The molecule has 1 amide bonds. The van der Waals surface area contributed by atoms with E-state index in [0.29, 0.717) is 12.4 Å². The van der Waals surface area contributed by atoms with Crippen LogP contribution in [0.4, 0.5) is 0 Å². The fraction of sp³-hybridized carbons (Fsp3) is 0.538. The van der Waals surface area contributed by atoms with Crippen molar-refractivity contribution in [2.24, 2.45) is 10.7 Å². The first kappa shape index (κ1) is 15.6. The monoisotopic (exact) mass is 237 g/mol. The van der Waals surface area contributed by atoms with Gasteiger partial charge in [0.1, 0.15) is 5.82 Å². The number of carbonyl (C=O) groups is 1. The van der Waals surface area contributed by atoms with Gasteiger partial charge < -0.3 is 5.73 Å². The van der Waals surface area contributed by atoms with Crippen molar-refractivity contribution >= 4 is 12.1 Å². The summed E-state index contributed by atoms with van der Waals surface area (Å²) in [6, 6.07) is 0. The third kappa shape index (κ3) is 5.45. The standard InChI is InChI=1S/C13H23N3O/c1-5-8-16(13(17)9-14)11(4)15-10-12(6-2)7-3/h6,10H,4-5,7-9,14H2,1-3H3/b12-6-,15-10-. The summed E-state index contributed by atoms with van der Waals surface area (Å²) in [6.45, 7) is 10.4. The number of hydrogen-bond donors (Lipinski definition) is 1. The highest BCUT2D eigenvalue weighted by Crippen LogP contribution is 2.06. The van der Waals surface area contributed by atoms with Gasteiger partial charge >= 0.3 is 0 Å². The Morgan fingerprint density at radius 3 is 2.53 bits per heavy atom. The van der Waals surface area contributed by atoms with Crippen molar-refractivity contribution in [3.05, 3.63) is 24.0 Å². The first-order chi connectivity index (χ1) is 8.10. The van der Waals surface area contributed by atoms with Crippen molar-refractivity contribution in [3.8, 4) is 0 Å². The Morgan fingerprint density at radius 1 is 1.47 bits per heavy atom. The smallest absolute Gasteiger partial charge is 0.241 e. The highest BCUT2D eigenvalue weighted by Gasteiger charge is 2.12. The second-order valence-corrected chi connectivity index (χ2v) is 3.64. The van der Waals surface area contributed by atoms with Crippen LogP contribution < -0.4 is 5.73 Å². The summed E-state index contributed by atoms with van der Waals surface area (Å²) in [7, 11) is 0. The fourth-order valence-electron chi connectivity index (χ4n) is 1.33. The lowest BCUT2D eigenvalue weighted by atomic mass is 10.2. The molecule has 0 saturated carbocycles. The summed E-state index contributed by atoms with van der Waals surface area (Å²) in [4.78, 5) is 17.3. The molecule has 0 aromatic heterocycles. The van der Waals surface area contributed by atoms with Crippen molar-refractivity contribution in [2.45, 2.75) is 33.6 Å². The Kier molecular flexibility index (Phi) is 7.97. The summed E-state index contributed by atoms with van der Waals surface area (Å²) in [6.07, 6.45) is 5.50. The van der Waals surface area contributed by atoms with E-state index in [4.69, 9.17) is 5.73 Å². The second-order valence-electron chi connectivity index (χ2n) is 3.64. The van der Waals surface area contributed by atoms with Gasteiger partial charge in [-0.25, -0.2) is 4.99 Å². The topological polar surface area (TPSA) is 58.7 Å². The van der Waals surface area contributed by atoms with Crippen LogP contribution in [0.25, 0.3) is 0 Å². The van der Waals surface area contributed by atoms with Crippen LogP contribution in [-0.4, -0.2) is 30.1 Å². The van der Waals surface area contributed by atoms with Crippen LogP contribution in [0, 0.1) is 0 Å². The van der Waals surface area contributed by atoms with Crippen LogP contribution in [0.1, 0.15) is 33.6 Å². The van der Waals surface area contributed by atoms with Crippen LogP contribution in [0.3, 0.4) is 0 Å². The van der Waals surface area contributed by atoms with E-state index >= 15 is 0 Å². The molecule has 0 aliphatic heterocycles. The third-order valence-corrected chi connectivity index (χ3v) is 2.39. The van der Waals surface area contributed by atoms with Crippen molar-refractivity contribution in [1.29, 1.82) is 0 Å². The van der Waals surface area contributed by atoms with Gasteiger partial charge in [0.05, 0.1) is 6.54 Å². The summed E-state index contributed by atoms with van der Waals surface area (Å²) < 4.78 is 0. The van der Waals surface area contributed by atoms with Gasteiger partial charge in [-0.15, -0.1) is 0 Å². The van der Waals surface area contributed by atoms with Gasteiger partial charge in [-0.05, 0) is 25.3 Å². The van der Waals surface area contributed by atoms with Gasteiger partial charge in [0, 0.05) is 12.8 Å². The Labute approximate surface area is 104 Å². The first-order valence-corrected chi connectivity index (χ1v) is 5.99. The lowest BCUT2D eigenvalue weighted by Gasteiger charge is -2.20. The zero-order valence-electron chi connectivity index (χ0n) is 11.1. The van der Waals surface area contributed by atoms with Gasteiger partial charge in [0.25, 0.3) is 0 Å². The maximum absolute atomic E-state index is 11.6. The quantitative estimate of drug-likeness (QED) is 0.689. The molecular weight excluding hydrogens is 214 g/mol. The summed E-state index contributed by atoms with van der Waals surface area (Å²) in [5, 5.41) is 0. The molecule has 0 fully saturated rings. The molecule has 0 aliphatic rings. The molecular formula is C13H23N3O. The number of rotatable bonds is 7. The second kappa shape index (κ2) is 8.70. The Bertz CT molecular complexity index is 319. The third-order valence-electron chi connectivity index (χ3n) is 2.39. The highest BCUT2D eigenvalue weighted by atomic mass is 16.2. The Balaban J connectivity index is 4.68. The van der Waals surface area contributed by atoms with Crippen molar-refractivity contribution < 1.29 is 4.79 Å². The SMILES string of the molecule is C=C(/N=C\C(=C/C)CC)N(CCC)C(=O)CN. The van der Waals surface area contributed by atoms with E-state index in [1.807, 2.05) is 19.9 Å². The van der Waals surface area contributed by atoms with Gasteiger partial charge in [0.15, 0.2) is 0 Å². The van der Waals surface area contributed by atoms with Crippen LogP contribution in [0.15, 0.2) is 29.0 Å². The molecule has 0 spiro atoms. The van der Waals surface area contributed by atoms with Crippen LogP contribution in [0.5, 0.6) is 0 Å². The van der Waals surface area contributed by atoms with Gasteiger partial charge in [0.2, 0.25) is 5.91 Å². The van der Waals surface area contributed by atoms with Crippen LogP contribution in [-0.2, 0) is 4.79 Å². The number of carbonyl (C=O) groups excluding carboxylic acids is 1. The molecule has 0 saturated heterocycles. The summed E-state index contributed by atoms with van der Waals surface area (Å²) >= 11 is 0. The predicted molar refractivity (Wildman–Crippen MR) is 72.7 cm³/mol. The zero-order valence-corrected chi connectivity index (χ0v) is 11.1. The Hall–Kier alpha value is -1.42. The predicted octanol–water partition coefficient (Wildman–Crippen LogP) is 2.08. The molecule has 0 bridgehead atoms. The van der Waals surface area contributed by atoms with E-state index in [1.165, 1.54) is 4.90 Å². The van der Waals surface area contributed by atoms with Gasteiger partial charge in [-0.3, -0.25) is 9.69 Å². The molecule has 0 radical (unpaired) electrons. The van der Waals surface area contributed by atoms with Crippen molar-refractivity contribution in [1.82, 2.24) is 4.90 Å². The lowest BCUT2D eigenvalue weighted by Crippen LogP contribution is -2.35. The van der Waals surface area contributed by atoms with Gasteiger partial charge in [-0.2, -0.15) is 0 Å². The zero-order chi connectivity index (χ0) is 13.3. The number of nitrogens with zero attached hydrogens (tertiary/aromatic N) is 2. The molecule has 0 aromatic rings. The number of amides is 1. The first-order valence-electron chi connectivity index (χ1n) is 5.99. The molecule has 96 valence electrons. The minimum absolute atomic E-state index is 0.0151. The number of allylic oxidation sites excluding steroid dienone is 2. The maximum atomic E-state index is 11.6. The largest absolute Gasteiger partial charge is 0.322 e. The lowest BCUT2D eigenvalue weighted by molar-refractivity contribution is -0.127. The van der Waals surface area contributed by atoms with Crippen molar-refractivity contribution in [2.75, 3.05) is 13.1 Å². The van der Waals surface area contributed by atoms with Gasteiger partial charge in [-0.1, -0.05) is 26.5 Å². The molecule has 4 heteroatoms. The molecule has 0 aromatic carbocycles. The number of nitrogens with two attached hydrogens (primary N) is 1. The molecule has 0 rings (SSSR count). The maximum Gasteiger partial charge on any atom is 0.241 e. The van der Waals surface area contributed by atoms with E-state index in [9.17, 15) is 4.79 Å². The average molecular weight is 237 g/mol. The van der Waals surface area contributed by atoms with E-state index < -0.39 is 0 Å². The minimum atomic E-state index is -0.146. The average Bonchev–Trinajstić information content (AvgIpc) is 2.35.